The van der Waals surface area contributed by atoms with Crippen LogP contribution in [0.15, 0.2) is 18.2 Å². The fourth-order valence-electron chi connectivity index (χ4n) is 3.73. The Balaban J connectivity index is 1.67. The zero-order valence-corrected chi connectivity index (χ0v) is 15.4. The van der Waals surface area contributed by atoms with Crippen LogP contribution < -0.4 is 14.8 Å². The van der Waals surface area contributed by atoms with E-state index in [0.29, 0.717) is 19.8 Å². The molecule has 0 unspecified atom stereocenters. The Hall–Kier alpha value is -1.75. The fraction of sp³-hybridized carbons (Fsp3) is 0.650. The molecule has 3 rings (SSSR count). The zero-order chi connectivity index (χ0) is 17.6. The van der Waals surface area contributed by atoms with Crippen LogP contribution >= 0.6 is 0 Å². The summed E-state index contributed by atoms with van der Waals surface area (Å²) in [7, 11) is 0. The summed E-state index contributed by atoms with van der Waals surface area (Å²) >= 11 is 0. The van der Waals surface area contributed by atoms with Crippen LogP contribution in [-0.4, -0.2) is 43.2 Å². The summed E-state index contributed by atoms with van der Waals surface area (Å²) in [5.74, 6) is 1.80. The molecule has 1 aromatic rings. The van der Waals surface area contributed by atoms with Crippen LogP contribution in [0.3, 0.4) is 0 Å². The first kappa shape index (κ1) is 18.1. The molecular formula is C20H30N2O3. The molecule has 1 fully saturated rings. The smallest absolute Gasteiger partial charge is 0.234 e. The van der Waals surface area contributed by atoms with Gasteiger partial charge in [-0.25, -0.2) is 0 Å². The van der Waals surface area contributed by atoms with Crippen molar-refractivity contribution in [1.82, 2.24) is 10.2 Å². The average molecular weight is 346 g/mol. The molecule has 138 valence electrons. The summed E-state index contributed by atoms with van der Waals surface area (Å²) in [5.41, 5.74) is 1.22. The lowest BCUT2D eigenvalue weighted by molar-refractivity contribution is -0.123. The fourth-order valence-corrected chi connectivity index (χ4v) is 3.73. The first-order chi connectivity index (χ1) is 12.2. The molecule has 1 amide bonds. The van der Waals surface area contributed by atoms with E-state index >= 15 is 0 Å². The minimum absolute atomic E-state index is 0.134. The number of carbonyl (C=O) groups excluding carboxylic acids is 1. The number of fused-ring (bicyclic) bond motifs is 1. The Kier molecular flexibility index (Phi) is 6.19. The van der Waals surface area contributed by atoms with Crippen LogP contribution in [0, 0.1) is 0 Å². The maximum Gasteiger partial charge on any atom is 0.234 e. The summed E-state index contributed by atoms with van der Waals surface area (Å²) in [6.07, 6.45) is 5.08. The number of benzene rings is 1. The molecule has 0 saturated carbocycles. The van der Waals surface area contributed by atoms with Crippen molar-refractivity contribution in [3.63, 3.8) is 0 Å². The second kappa shape index (κ2) is 8.56. The van der Waals surface area contributed by atoms with Gasteiger partial charge in [-0.2, -0.15) is 0 Å². The highest BCUT2D eigenvalue weighted by molar-refractivity contribution is 5.78. The molecule has 5 heteroatoms. The van der Waals surface area contributed by atoms with Gasteiger partial charge < -0.3 is 14.8 Å². The number of nitrogens with zero attached hydrogens (tertiary/aromatic N) is 1. The third-order valence-electron chi connectivity index (χ3n) is 5.22. The largest absolute Gasteiger partial charge is 0.490 e. The monoisotopic (exact) mass is 346 g/mol. The van der Waals surface area contributed by atoms with E-state index in [1.54, 1.807) is 0 Å². The third kappa shape index (κ3) is 4.46. The van der Waals surface area contributed by atoms with E-state index in [9.17, 15) is 4.79 Å². The first-order valence-electron chi connectivity index (χ1n) is 9.64. The van der Waals surface area contributed by atoms with Crippen molar-refractivity contribution in [3.05, 3.63) is 23.8 Å². The molecule has 1 saturated heterocycles. The Bertz CT molecular complexity index is 586. The van der Waals surface area contributed by atoms with Crippen LogP contribution in [0.5, 0.6) is 11.5 Å². The maximum atomic E-state index is 12.4. The van der Waals surface area contributed by atoms with Gasteiger partial charge in [0.2, 0.25) is 5.91 Å². The van der Waals surface area contributed by atoms with E-state index in [2.05, 4.69) is 36.2 Å². The van der Waals surface area contributed by atoms with Gasteiger partial charge >= 0.3 is 0 Å². The van der Waals surface area contributed by atoms with Crippen LogP contribution in [0.1, 0.15) is 57.6 Å². The Labute approximate surface area is 150 Å². The van der Waals surface area contributed by atoms with Crippen molar-refractivity contribution in [1.29, 1.82) is 0 Å². The van der Waals surface area contributed by atoms with Gasteiger partial charge in [0.05, 0.1) is 19.8 Å². The van der Waals surface area contributed by atoms with Crippen LogP contribution in [0.25, 0.3) is 0 Å². The highest BCUT2D eigenvalue weighted by Gasteiger charge is 2.28. The highest BCUT2D eigenvalue weighted by Crippen LogP contribution is 2.37. The summed E-state index contributed by atoms with van der Waals surface area (Å²) in [6.45, 7) is 7.07. The lowest BCUT2D eigenvalue weighted by Crippen LogP contribution is -2.41. The molecule has 0 aliphatic carbocycles. The molecule has 0 spiro atoms. The molecule has 0 bridgehead atoms. The topological polar surface area (TPSA) is 50.8 Å². The average Bonchev–Trinajstić information content (AvgIpc) is 2.95. The molecule has 2 heterocycles. The quantitative estimate of drug-likeness (QED) is 0.859. The normalized spacial score (nSPS) is 20.5. The van der Waals surface area contributed by atoms with Crippen LogP contribution in [0.4, 0.5) is 0 Å². The van der Waals surface area contributed by atoms with Gasteiger partial charge in [0.1, 0.15) is 0 Å². The van der Waals surface area contributed by atoms with Crippen molar-refractivity contribution in [2.24, 2.45) is 0 Å². The molecule has 1 aromatic carbocycles. The van der Waals surface area contributed by atoms with Gasteiger partial charge in [0.15, 0.2) is 11.5 Å². The van der Waals surface area contributed by atoms with Gasteiger partial charge in [-0.15, -0.1) is 0 Å². The molecule has 25 heavy (non-hydrogen) atoms. The minimum atomic E-state index is 0.134. The van der Waals surface area contributed by atoms with Crippen molar-refractivity contribution in [2.45, 2.75) is 58.0 Å². The van der Waals surface area contributed by atoms with Gasteiger partial charge in [0.25, 0.3) is 0 Å². The summed E-state index contributed by atoms with van der Waals surface area (Å²) in [5, 5.41) is 3.15. The van der Waals surface area contributed by atoms with E-state index in [-0.39, 0.29) is 18.0 Å². The number of likely N-dealkylation sites (tertiary alicyclic amines) is 1. The van der Waals surface area contributed by atoms with Gasteiger partial charge in [0, 0.05) is 18.5 Å². The van der Waals surface area contributed by atoms with Gasteiger partial charge in [-0.05, 0) is 49.9 Å². The summed E-state index contributed by atoms with van der Waals surface area (Å²) in [4.78, 5) is 14.7. The SMILES string of the molecule is CCC(CC)NC(=O)CN1CCC[C@H]1c1ccc2c(c1)OCCCO2. The first-order valence-corrected chi connectivity index (χ1v) is 9.64. The van der Waals surface area contributed by atoms with Crippen molar-refractivity contribution in [2.75, 3.05) is 26.3 Å². The third-order valence-corrected chi connectivity index (χ3v) is 5.22. The zero-order valence-electron chi connectivity index (χ0n) is 15.4. The molecule has 1 atom stereocenters. The molecule has 1 N–H and O–H groups in total. The van der Waals surface area contributed by atoms with Gasteiger partial charge in [-0.1, -0.05) is 19.9 Å². The van der Waals surface area contributed by atoms with E-state index in [1.165, 1.54) is 5.56 Å². The second-order valence-corrected chi connectivity index (χ2v) is 6.97. The Morgan fingerprint density at radius 3 is 2.72 bits per heavy atom. The number of hydrogen-bond acceptors (Lipinski definition) is 4. The number of nitrogens with one attached hydrogen (secondary N) is 1. The maximum absolute atomic E-state index is 12.4. The van der Waals surface area contributed by atoms with Crippen molar-refractivity contribution >= 4 is 5.91 Å². The molecule has 0 radical (unpaired) electrons. The van der Waals surface area contributed by atoms with E-state index in [0.717, 1.165) is 50.1 Å². The van der Waals surface area contributed by atoms with Crippen LogP contribution in [-0.2, 0) is 4.79 Å². The highest BCUT2D eigenvalue weighted by atomic mass is 16.5. The molecule has 2 aliphatic rings. The number of hydrogen-bond donors (Lipinski definition) is 1. The molecular weight excluding hydrogens is 316 g/mol. The standard InChI is InChI=1S/C20H30N2O3/c1-3-16(4-2)21-20(23)14-22-10-5-7-17(22)15-8-9-18-19(13-15)25-12-6-11-24-18/h8-9,13,16-17H,3-7,10-12,14H2,1-2H3,(H,21,23)/t17-/m0/s1. The number of rotatable bonds is 6. The number of amides is 1. The number of carbonyl (C=O) groups is 1. The van der Waals surface area contributed by atoms with Crippen molar-refractivity contribution < 1.29 is 14.3 Å². The summed E-state index contributed by atoms with van der Waals surface area (Å²) < 4.78 is 11.5. The minimum Gasteiger partial charge on any atom is -0.490 e. The van der Waals surface area contributed by atoms with Crippen molar-refractivity contribution in [3.8, 4) is 11.5 Å². The predicted octanol–water partition coefficient (Wildman–Crippen LogP) is 3.29. The molecule has 2 aliphatic heterocycles. The predicted molar refractivity (Wildman–Crippen MR) is 98.1 cm³/mol. The van der Waals surface area contributed by atoms with E-state index in [1.807, 2.05) is 6.07 Å². The number of ether oxygens (including phenoxy) is 2. The molecule has 5 nitrogen and oxygen atoms in total. The lowest BCUT2D eigenvalue weighted by atomic mass is 10.0. The second-order valence-electron chi connectivity index (χ2n) is 6.97. The lowest BCUT2D eigenvalue weighted by Gasteiger charge is -2.26. The van der Waals surface area contributed by atoms with Crippen LogP contribution in [0.2, 0.25) is 0 Å². The van der Waals surface area contributed by atoms with E-state index < -0.39 is 0 Å². The van der Waals surface area contributed by atoms with Gasteiger partial charge in [-0.3, -0.25) is 9.69 Å². The summed E-state index contributed by atoms with van der Waals surface area (Å²) in [6, 6.07) is 6.80. The Morgan fingerprint density at radius 1 is 1.20 bits per heavy atom. The molecule has 0 aromatic heterocycles. The van der Waals surface area contributed by atoms with E-state index in [4.69, 9.17) is 9.47 Å². The Morgan fingerprint density at radius 2 is 1.96 bits per heavy atom.